The van der Waals surface area contributed by atoms with Crippen LogP contribution < -0.4 is 4.90 Å². The standard InChI is InChI=1S/C17H14F2N4/c18-12-7-14-15(8-13(12)19)22-17(10-21-14)23-6-2-4-16(23)11-3-1-5-20-9-11/h1,3,5,7-10,16H,2,4,6H2. The van der Waals surface area contributed by atoms with Crippen LogP contribution in [0.25, 0.3) is 11.0 Å². The summed E-state index contributed by atoms with van der Waals surface area (Å²) in [7, 11) is 0. The second-order valence-corrected chi connectivity index (χ2v) is 5.62. The maximum atomic E-state index is 13.4. The highest BCUT2D eigenvalue weighted by Crippen LogP contribution is 2.35. The fourth-order valence-corrected chi connectivity index (χ4v) is 3.10. The number of fused-ring (bicyclic) bond motifs is 1. The lowest BCUT2D eigenvalue weighted by atomic mass is 10.1. The smallest absolute Gasteiger partial charge is 0.161 e. The predicted molar refractivity (Wildman–Crippen MR) is 83.0 cm³/mol. The van der Waals surface area contributed by atoms with E-state index in [0.717, 1.165) is 37.1 Å². The van der Waals surface area contributed by atoms with Gasteiger partial charge >= 0.3 is 0 Å². The van der Waals surface area contributed by atoms with E-state index in [9.17, 15) is 8.78 Å². The molecule has 1 atom stereocenters. The highest BCUT2D eigenvalue weighted by atomic mass is 19.2. The molecular weight excluding hydrogens is 298 g/mol. The van der Waals surface area contributed by atoms with Crippen LogP contribution in [0.4, 0.5) is 14.6 Å². The molecule has 2 aromatic heterocycles. The van der Waals surface area contributed by atoms with Crippen molar-refractivity contribution in [2.24, 2.45) is 0 Å². The molecule has 0 bridgehead atoms. The largest absolute Gasteiger partial charge is 0.348 e. The van der Waals surface area contributed by atoms with E-state index in [1.807, 2.05) is 18.3 Å². The summed E-state index contributed by atoms with van der Waals surface area (Å²) >= 11 is 0. The molecule has 4 rings (SSSR count). The molecule has 0 aliphatic carbocycles. The van der Waals surface area contributed by atoms with Crippen molar-refractivity contribution in [1.82, 2.24) is 15.0 Å². The molecule has 1 aromatic carbocycles. The molecule has 23 heavy (non-hydrogen) atoms. The molecule has 1 aliphatic heterocycles. The van der Waals surface area contributed by atoms with Gasteiger partial charge in [-0.2, -0.15) is 0 Å². The van der Waals surface area contributed by atoms with Gasteiger partial charge in [-0.1, -0.05) is 6.07 Å². The molecule has 1 unspecified atom stereocenters. The van der Waals surface area contributed by atoms with Gasteiger partial charge in [0.1, 0.15) is 5.82 Å². The number of pyridine rings is 1. The van der Waals surface area contributed by atoms with Crippen molar-refractivity contribution in [1.29, 1.82) is 0 Å². The summed E-state index contributed by atoms with van der Waals surface area (Å²) in [6, 6.07) is 6.30. The van der Waals surface area contributed by atoms with E-state index in [2.05, 4.69) is 19.9 Å². The van der Waals surface area contributed by atoms with E-state index >= 15 is 0 Å². The third-order valence-electron chi connectivity index (χ3n) is 4.19. The van der Waals surface area contributed by atoms with Crippen LogP contribution in [0.15, 0.2) is 42.9 Å². The summed E-state index contributed by atoms with van der Waals surface area (Å²) in [5.74, 6) is -1.14. The van der Waals surface area contributed by atoms with Crippen LogP contribution in [0, 0.1) is 11.6 Å². The van der Waals surface area contributed by atoms with Crippen LogP contribution in [0.5, 0.6) is 0 Å². The Labute approximate surface area is 131 Å². The minimum absolute atomic E-state index is 0.181. The fraction of sp³-hybridized carbons (Fsp3) is 0.235. The molecule has 116 valence electrons. The maximum Gasteiger partial charge on any atom is 0.161 e. The molecule has 3 heterocycles. The topological polar surface area (TPSA) is 41.9 Å². The minimum Gasteiger partial charge on any atom is -0.348 e. The lowest BCUT2D eigenvalue weighted by Crippen LogP contribution is -2.23. The first kappa shape index (κ1) is 14.0. The number of benzene rings is 1. The maximum absolute atomic E-state index is 13.4. The average molecular weight is 312 g/mol. The Morgan fingerprint density at radius 2 is 1.91 bits per heavy atom. The van der Waals surface area contributed by atoms with Crippen LogP contribution in [0.3, 0.4) is 0 Å². The van der Waals surface area contributed by atoms with E-state index in [1.54, 1.807) is 12.4 Å². The molecule has 0 amide bonds. The van der Waals surface area contributed by atoms with Crippen molar-refractivity contribution in [3.63, 3.8) is 0 Å². The number of halogens is 2. The monoisotopic (exact) mass is 312 g/mol. The predicted octanol–water partition coefficient (Wildman–Crippen LogP) is 3.64. The third kappa shape index (κ3) is 2.50. The molecular formula is C17H14F2N4. The first-order chi connectivity index (χ1) is 11.2. The number of aromatic nitrogens is 3. The SMILES string of the molecule is Fc1cc2ncc(N3CCCC3c3cccnc3)nc2cc1F. The van der Waals surface area contributed by atoms with Crippen molar-refractivity contribution in [2.75, 3.05) is 11.4 Å². The van der Waals surface area contributed by atoms with Gasteiger partial charge in [-0.15, -0.1) is 0 Å². The Morgan fingerprint density at radius 3 is 2.70 bits per heavy atom. The van der Waals surface area contributed by atoms with Gasteiger partial charge in [0.05, 0.1) is 23.3 Å². The number of hydrogen-bond donors (Lipinski definition) is 0. The van der Waals surface area contributed by atoms with Crippen molar-refractivity contribution in [2.45, 2.75) is 18.9 Å². The fourth-order valence-electron chi connectivity index (χ4n) is 3.10. The number of rotatable bonds is 2. The van der Waals surface area contributed by atoms with E-state index in [0.29, 0.717) is 16.9 Å². The Hall–Kier alpha value is -2.63. The molecule has 0 N–H and O–H groups in total. The van der Waals surface area contributed by atoms with Gasteiger partial charge in [0, 0.05) is 31.1 Å². The van der Waals surface area contributed by atoms with Gasteiger partial charge < -0.3 is 4.90 Å². The van der Waals surface area contributed by atoms with Gasteiger partial charge in [0.25, 0.3) is 0 Å². The summed E-state index contributed by atoms with van der Waals surface area (Å²) in [4.78, 5) is 15.0. The highest BCUT2D eigenvalue weighted by molar-refractivity contribution is 5.75. The summed E-state index contributed by atoms with van der Waals surface area (Å²) < 4.78 is 26.7. The first-order valence-corrected chi connectivity index (χ1v) is 7.51. The van der Waals surface area contributed by atoms with E-state index in [1.165, 1.54) is 0 Å². The summed E-state index contributed by atoms with van der Waals surface area (Å²) in [6.45, 7) is 0.851. The highest BCUT2D eigenvalue weighted by Gasteiger charge is 2.27. The minimum atomic E-state index is -0.908. The molecule has 1 saturated heterocycles. The Morgan fingerprint density at radius 1 is 1.09 bits per heavy atom. The lowest BCUT2D eigenvalue weighted by Gasteiger charge is -2.25. The van der Waals surface area contributed by atoms with Gasteiger partial charge in [0.15, 0.2) is 11.6 Å². The lowest BCUT2D eigenvalue weighted by molar-refractivity contribution is 0.510. The van der Waals surface area contributed by atoms with E-state index in [4.69, 9.17) is 0 Å². The van der Waals surface area contributed by atoms with Crippen molar-refractivity contribution >= 4 is 16.9 Å². The Balaban J connectivity index is 1.74. The molecule has 3 aromatic rings. The van der Waals surface area contributed by atoms with Gasteiger partial charge in [0.2, 0.25) is 0 Å². The Bertz CT molecular complexity index is 854. The normalized spacial score (nSPS) is 17.8. The second kappa shape index (κ2) is 5.53. The van der Waals surface area contributed by atoms with Crippen LogP contribution in [-0.4, -0.2) is 21.5 Å². The molecule has 6 heteroatoms. The molecule has 0 saturated carbocycles. The quantitative estimate of drug-likeness (QED) is 0.724. The number of nitrogens with zero attached hydrogens (tertiary/aromatic N) is 4. The van der Waals surface area contributed by atoms with Crippen LogP contribution in [0.1, 0.15) is 24.4 Å². The number of hydrogen-bond acceptors (Lipinski definition) is 4. The van der Waals surface area contributed by atoms with Crippen LogP contribution in [0.2, 0.25) is 0 Å². The van der Waals surface area contributed by atoms with Gasteiger partial charge in [-0.05, 0) is 24.5 Å². The zero-order valence-electron chi connectivity index (χ0n) is 12.3. The molecule has 1 aliphatic rings. The molecule has 0 spiro atoms. The van der Waals surface area contributed by atoms with Crippen molar-refractivity contribution in [3.8, 4) is 0 Å². The van der Waals surface area contributed by atoms with Gasteiger partial charge in [-0.3, -0.25) is 9.97 Å². The zero-order valence-corrected chi connectivity index (χ0v) is 12.3. The zero-order chi connectivity index (χ0) is 15.8. The summed E-state index contributed by atoms with van der Waals surface area (Å²) in [5, 5.41) is 0. The second-order valence-electron chi connectivity index (χ2n) is 5.62. The van der Waals surface area contributed by atoms with Crippen molar-refractivity contribution < 1.29 is 8.78 Å². The Kier molecular flexibility index (Phi) is 3.37. The summed E-state index contributed by atoms with van der Waals surface area (Å²) in [6.07, 6.45) is 7.26. The first-order valence-electron chi connectivity index (χ1n) is 7.51. The van der Waals surface area contributed by atoms with Crippen LogP contribution in [-0.2, 0) is 0 Å². The average Bonchev–Trinajstić information content (AvgIpc) is 3.06. The molecule has 4 nitrogen and oxygen atoms in total. The number of anilines is 1. The molecule has 1 fully saturated rings. The van der Waals surface area contributed by atoms with E-state index < -0.39 is 11.6 Å². The van der Waals surface area contributed by atoms with E-state index in [-0.39, 0.29) is 6.04 Å². The third-order valence-corrected chi connectivity index (χ3v) is 4.19. The summed E-state index contributed by atoms with van der Waals surface area (Å²) in [5.41, 5.74) is 1.83. The molecule has 0 radical (unpaired) electrons. The van der Waals surface area contributed by atoms with Crippen LogP contribution >= 0.6 is 0 Å². The van der Waals surface area contributed by atoms with Crippen molar-refractivity contribution in [3.05, 3.63) is 60.1 Å². The van der Waals surface area contributed by atoms with Gasteiger partial charge in [-0.25, -0.2) is 13.8 Å².